The first-order valence-electron chi connectivity index (χ1n) is 9.84. The monoisotopic (exact) mass is 477 g/mol. The van der Waals surface area contributed by atoms with Crippen LogP contribution in [-0.4, -0.2) is 55.8 Å². The van der Waals surface area contributed by atoms with Crippen molar-refractivity contribution < 1.29 is 40.3 Å². The second kappa shape index (κ2) is 7.99. The number of carbonyl (C=O) groups is 2. The van der Waals surface area contributed by atoms with Crippen molar-refractivity contribution in [2.45, 2.75) is 63.1 Å². The third kappa shape index (κ3) is 4.50. The van der Waals surface area contributed by atoms with Gasteiger partial charge in [-0.25, -0.2) is 8.78 Å². The minimum Gasteiger partial charge on any atom is -0.415 e. The molecule has 1 saturated carbocycles. The largest absolute Gasteiger partial charge is 0.415 e. The lowest BCUT2D eigenvalue weighted by Crippen LogP contribution is -2.58. The Bertz CT molecular complexity index is 1090. The topological polar surface area (TPSA) is 101 Å². The summed E-state index contributed by atoms with van der Waals surface area (Å²) >= 11 is 0. The maximum atomic E-state index is 14.0. The van der Waals surface area contributed by atoms with Gasteiger partial charge in [0.25, 0.3) is 17.7 Å². The Hall–Kier alpha value is -3.19. The fourth-order valence-corrected chi connectivity index (χ4v) is 3.95. The Labute approximate surface area is 182 Å². The van der Waals surface area contributed by atoms with Crippen LogP contribution in [0.1, 0.15) is 54.6 Å². The number of alkyl halides is 6. The molecule has 33 heavy (non-hydrogen) atoms. The van der Waals surface area contributed by atoms with Crippen molar-refractivity contribution in [1.82, 2.24) is 25.4 Å². The highest BCUT2D eigenvalue weighted by molar-refractivity contribution is 5.99. The Morgan fingerprint density at radius 2 is 2.06 bits per heavy atom. The summed E-state index contributed by atoms with van der Waals surface area (Å²) in [6, 6.07) is -1.09. The second-order valence-corrected chi connectivity index (χ2v) is 8.03. The standard InChI is InChI=1S/C19H17F6N5O3/c1-18(22,23)17(32)27-10-5-19(24,25)3-2-12(10)30-7-11-9(16(30)31)4-8(6-26-11)14-28-29-15(33-14)13(20)21/h4,6,10,12-13H,2-3,5,7H2,1H3,(H,27,32)/t10-,12-/m1/s1. The van der Waals surface area contributed by atoms with Crippen LogP contribution in [0.3, 0.4) is 0 Å². The van der Waals surface area contributed by atoms with Crippen molar-refractivity contribution in [1.29, 1.82) is 0 Å². The van der Waals surface area contributed by atoms with E-state index in [-0.39, 0.29) is 35.7 Å². The van der Waals surface area contributed by atoms with E-state index in [2.05, 4.69) is 15.2 Å². The predicted octanol–water partition coefficient (Wildman–Crippen LogP) is 3.35. The van der Waals surface area contributed by atoms with Gasteiger partial charge in [0.2, 0.25) is 11.8 Å². The lowest BCUT2D eigenvalue weighted by atomic mass is 9.86. The number of aromatic nitrogens is 3. The van der Waals surface area contributed by atoms with Gasteiger partial charge in [0, 0.05) is 26.0 Å². The molecule has 2 atom stereocenters. The summed E-state index contributed by atoms with van der Waals surface area (Å²) in [5.41, 5.74) is 0.405. The van der Waals surface area contributed by atoms with Crippen LogP contribution in [0, 0.1) is 0 Å². The molecule has 0 radical (unpaired) electrons. The van der Waals surface area contributed by atoms with E-state index < -0.39 is 60.9 Å². The highest BCUT2D eigenvalue weighted by atomic mass is 19.3. The van der Waals surface area contributed by atoms with Gasteiger partial charge in [0.05, 0.1) is 35.4 Å². The number of nitrogens with one attached hydrogen (secondary N) is 1. The summed E-state index contributed by atoms with van der Waals surface area (Å²) in [7, 11) is 0. The molecule has 0 aromatic carbocycles. The van der Waals surface area contributed by atoms with Crippen LogP contribution < -0.4 is 5.32 Å². The van der Waals surface area contributed by atoms with Crippen molar-refractivity contribution >= 4 is 11.8 Å². The number of rotatable bonds is 5. The Morgan fingerprint density at radius 3 is 2.70 bits per heavy atom. The van der Waals surface area contributed by atoms with E-state index in [1.165, 1.54) is 17.2 Å². The van der Waals surface area contributed by atoms with Gasteiger partial charge in [-0.1, -0.05) is 0 Å². The maximum absolute atomic E-state index is 14.0. The molecule has 0 saturated heterocycles. The summed E-state index contributed by atoms with van der Waals surface area (Å²) in [5.74, 6) is -10.5. The number of nitrogens with zero attached hydrogens (tertiary/aromatic N) is 4. The molecule has 2 amide bonds. The minimum atomic E-state index is -3.78. The average molecular weight is 477 g/mol. The molecule has 2 aliphatic rings. The number of pyridine rings is 1. The molecule has 4 rings (SSSR count). The highest BCUT2D eigenvalue weighted by Crippen LogP contribution is 2.38. The van der Waals surface area contributed by atoms with E-state index in [9.17, 15) is 35.9 Å². The molecule has 2 aromatic rings. The molecule has 178 valence electrons. The molecule has 0 bridgehead atoms. The highest BCUT2D eigenvalue weighted by Gasteiger charge is 2.48. The lowest BCUT2D eigenvalue weighted by Gasteiger charge is -2.41. The summed E-state index contributed by atoms with van der Waals surface area (Å²) in [5, 5.41) is 8.64. The number of carbonyl (C=O) groups excluding carboxylic acids is 2. The smallest absolute Gasteiger partial charge is 0.321 e. The van der Waals surface area contributed by atoms with E-state index in [0.717, 1.165) is 0 Å². The van der Waals surface area contributed by atoms with Crippen LogP contribution in [0.2, 0.25) is 0 Å². The molecule has 0 spiro atoms. The molecular weight excluding hydrogens is 460 g/mol. The summed E-state index contributed by atoms with van der Waals surface area (Å²) < 4.78 is 84.9. The zero-order chi connectivity index (χ0) is 24.1. The normalized spacial score (nSPS) is 22.5. The fraction of sp³-hybridized carbons (Fsp3) is 0.526. The van der Waals surface area contributed by atoms with E-state index in [1.807, 2.05) is 5.32 Å². The van der Waals surface area contributed by atoms with E-state index in [1.54, 1.807) is 0 Å². The fourth-order valence-electron chi connectivity index (χ4n) is 3.95. The van der Waals surface area contributed by atoms with Crippen LogP contribution in [-0.2, 0) is 11.3 Å². The van der Waals surface area contributed by atoms with Gasteiger partial charge < -0.3 is 14.6 Å². The molecule has 8 nitrogen and oxygen atoms in total. The van der Waals surface area contributed by atoms with Crippen molar-refractivity contribution in [3.63, 3.8) is 0 Å². The third-order valence-corrected chi connectivity index (χ3v) is 5.56. The first-order valence-corrected chi connectivity index (χ1v) is 9.84. The summed E-state index contributed by atoms with van der Waals surface area (Å²) in [6.07, 6.45) is -3.50. The van der Waals surface area contributed by atoms with E-state index in [4.69, 9.17) is 4.42 Å². The summed E-state index contributed by atoms with van der Waals surface area (Å²) in [6.45, 7) is 0.239. The SMILES string of the molecule is CC(F)(F)C(=O)N[C@@H]1CC(F)(F)CC[C@H]1N1Cc2ncc(-c3nnc(C(F)F)o3)cc2C1=O. The molecule has 0 unspecified atom stereocenters. The summed E-state index contributed by atoms with van der Waals surface area (Å²) in [4.78, 5) is 30.1. The van der Waals surface area contributed by atoms with Gasteiger partial charge in [-0.05, 0) is 12.5 Å². The van der Waals surface area contributed by atoms with Gasteiger partial charge in [0.1, 0.15) is 0 Å². The number of hydrogen-bond acceptors (Lipinski definition) is 6. The maximum Gasteiger partial charge on any atom is 0.321 e. The Kier molecular flexibility index (Phi) is 5.56. The molecule has 1 aliphatic heterocycles. The van der Waals surface area contributed by atoms with Gasteiger partial charge in [-0.3, -0.25) is 14.6 Å². The molecule has 1 fully saturated rings. The first kappa shape index (κ1) is 23.0. The molecule has 3 heterocycles. The zero-order valence-electron chi connectivity index (χ0n) is 17.0. The van der Waals surface area contributed by atoms with E-state index >= 15 is 0 Å². The van der Waals surface area contributed by atoms with Gasteiger partial charge in [-0.2, -0.15) is 17.6 Å². The Morgan fingerprint density at radius 1 is 1.33 bits per heavy atom. The van der Waals surface area contributed by atoms with Gasteiger partial charge in [0.15, 0.2) is 0 Å². The van der Waals surface area contributed by atoms with Crippen molar-refractivity contribution in [2.75, 3.05) is 0 Å². The predicted molar refractivity (Wildman–Crippen MR) is 97.5 cm³/mol. The number of halogens is 6. The van der Waals surface area contributed by atoms with Crippen LogP contribution in [0.25, 0.3) is 11.5 Å². The number of hydrogen-bond donors (Lipinski definition) is 1. The lowest BCUT2D eigenvalue weighted by molar-refractivity contribution is -0.146. The zero-order valence-corrected chi connectivity index (χ0v) is 17.0. The van der Waals surface area contributed by atoms with Crippen molar-refractivity contribution in [3.8, 4) is 11.5 Å². The molecule has 1 N–H and O–H groups in total. The second-order valence-electron chi connectivity index (χ2n) is 8.03. The molecule has 2 aromatic heterocycles. The first-order chi connectivity index (χ1) is 15.4. The third-order valence-electron chi connectivity index (χ3n) is 5.56. The van der Waals surface area contributed by atoms with Crippen molar-refractivity contribution in [3.05, 3.63) is 29.4 Å². The van der Waals surface area contributed by atoms with Crippen LogP contribution >= 0.6 is 0 Å². The molecule has 14 heteroatoms. The molecule has 1 aliphatic carbocycles. The van der Waals surface area contributed by atoms with Gasteiger partial charge >= 0.3 is 12.3 Å². The minimum absolute atomic E-state index is 0.0486. The number of fused-ring (bicyclic) bond motifs is 1. The average Bonchev–Trinajstić information content (AvgIpc) is 3.32. The number of amides is 2. The van der Waals surface area contributed by atoms with Crippen LogP contribution in [0.5, 0.6) is 0 Å². The Balaban J connectivity index is 1.58. The van der Waals surface area contributed by atoms with Gasteiger partial charge in [-0.15, -0.1) is 10.2 Å². The van der Waals surface area contributed by atoms with Crippen LogP contribution in [0.15, 0.2) is 16.7 Å². The molecular formula is C19H17F6N5O3. The quantitative estimate of drug-likeness (QED) is 0.663. The van der Waals surface area contributed by atoms with E-state index in [0.29, 0.717) is 6.92 Å². The van der Waals surface area contributed by atoms with Crippen molar-refractivity contribution in [2.24, 2.45) is 0 Å². The van der Waals surface area contributed by atoms with Crippen LogP contribution in [0.4, 0.5) is 26.3 Å².